The van der Waals surface area contributed by atoms with Gasteiger partial charge in [0.15, 0.2) is 11.5 Å². The molecule has 0 radical (unpaired) electrons. The molecule has 0 spiro atoms. The average Bonchev–Trinajstić information content (AvgIpc) is 3.34. The van der Waals surface area contributed by atoms with Gasteiger partial charge < -0.3 is 24.3 Å². The number of benzene rings is 2. The van der Waals surface area contributed by atoms with Crippen LogP contribution in [0, 0.1) is 0 Å². The Morgan fingerprint density at radius 1 is 1.07 bits per heavy atom. The van der Waals surface area contributed by atoms with Crippen LogP contribution >= 0.6 is 0 Å². The molecule has 7 heteroatoms. The van der Waals surface area contributed by atoms with Crippen molar-refractivity contribution in [3.63, 3.8) is 0 Å². The Morgan fingerprint density at radius 2 is 1.90 bits per heavy atom. The summed E-state index contributed by atoms with van der Waals surface area (Å²) in [5.41, 5.74) is 3.99. The number of H-pyrrole nitrogens is 1. The fourth-order valence-corrected chi connectivity index (χ4v) is 4.85. The standard InChI is InChI=1S/C22H19N3O4/c1-24-10-19(26)25-16(22(24)27)9-15-20(13-4-2-3-5-14(13)23-15)21(25)12-6-7-17-18(8-12)29-11-28-17/h2-8,16,21,23H,9-11H2,1H3/t16-,21-/m1/s1. The molecule has 3 aliphatic heterocycles. The van der Waals surface area contributed by atoms with E-state index in [9.17, 15) is 9.59 Å². The molecule has 6 rings (SSSR count). The first-order valence-corrected chi connectivity index (χ1v) is 9.67. The molecule has 3 aliphatic rings. The molecule has 1 N–H and O–H groups in total. The van der Waals surface area contributed by atoms with Crippen LogP contribution in [0.25, 0.3) is 10.9 Å². The Labute approximate surface area is 166 Å². The van der Waals surface area contributed by atoms with Gasteiger partial charge in [0.1, 0.15) is 6.04 Å². The molecule has 29 heavy (non-hydrogen) atoms. The lowest BCUT2D eigenvalue weighted by Gasteiger charge is -2.46. The second-order valence-corrected chi connectivity index (χ2v) is 7.79. The summed E-state index contributed by atoms with van der Waals surface area (Å²) in [6.45, 7) is 0.282. The first kappa shape index (κ1) is 16.5. The molecule has 2 amide bonds. The van der Waals surface area contributed by atoms with Crippen LogP contribution in [0.3, 0.4) is 0 Å². The number of aromatic nitrogens is 1. The van der Waals surface area contributed by atoms with Gasteiger partial charge in [-0.15, -0.1) is 0 Å². The Morgan fingerprint density at radius 3 is 2.79 bits per heavy atom. The highest BCUT2D eigenvalue weighted by molar-refractivity contribution is 5.97. The summed E-state index contributed by atoms with van der Waals surface area (Å²) in [4.78, 5) is 32.9. The first-order chi connectivity index (χ1) is 14.1. The number of hydrogen-bond donors (Lipinski definition) is 1. The number of nitrogens with one attached hydrogen (secondary N) is 1. The lowest BCUT2D eigenvalue weighted by Crippen LogP contribution is -2.62. The molecular formula is C22H19N3O4. The van der Waals surface area contributed by atoms with Gasteiger partial charge in [0.05, 0.1) is 12.6 Å². The number of aromatic amines is 1. The molecule has 146 valence electrons. The highest BCUT2D eigenvalue weighted by Crippen LogP contribution is 2.45. The van der Waals surface area contributed by atoms with Gasteiger partial charge in [-0.05, 0) is 23.8 Å². The number of rotatable bonds is 1. The van der Waals surface area contributed by atoms with Crippen molar-refractivity contribution in [1.82, 2.24) is 14.8 Å². The summed E-state index contributed by atoms with van der Waals surface area (Å²) in [6, 6.07) is 13.0. The van der Waals surface area contributed by atoms with E-state index in [4.69, 9.17) is 9.47 Å². The van der Waals surface area contributed by atoms with Crippen molar-refractivity contribution < 1.29 is 19.1 Å². The number of carbonyl (C=O) groups is 2. The second kappa shape index (κ2) is 5.76. The minimum absolute atomic E-state index is 0.0281. The van der Waals surface area contributed by atoms with Gasteiger partial charge >= 0.3 is 0 Å². The molecule has 4 heterocycles. The minimum Gasteiger partial charge on any atom is -0.454 e. The molecule has 0 unspecified atom stereocenters. The van der Waals surface area contributed by atoms with Crippen LogP contribution in [-0.2, 0) is 16.0 Å². The van der Waals surface area contributed by atoms with Gasteiger partial charge in [0, 0.05) is 35.6 Å². The number of amides is 2. The SMILES string of the molecule is CN1CC(=O)N2[C@H](c3ccc4c(c3)OCO4)c3c([nH]c4ccccc34)C[C@@H]2C1=O. The van der Waals surface area contributed by atoms with Crippen molar-refractivity contribution in [1.29, 1.82) is 0 Å². The van der Waals surface area contributed by atoms with Crippen LogP contribution in [0.15, 0.2) is 42.5 Å². The van der Waals surface area contributed by atoms with Gasteiger partial charge in [-0.2, -0.15) is 0 Å². The van der Waals surface area contributed by atoms with Gasteiger partial charge in [-0.3, -0.25) is 9.59 Å². The highest BCUT2D eigenvalue weighted by atomic mass is 16.7. The normalized spacial score (nSPS) is 22.8. The Hall–Kier alpha value is -3.48. The monoisotopic (exact) mass is 389 g/mol. The van der Waals surface area contributed by atoms with Crippen LogP contribution in [0.2, 0.25) is 0 Å². The maximum atomic E-state index is 13.1. The van der Waals surface area contributed by atoms with E-state index in [2.05, 4.69) is 11.1 Å². The zero-order valence-corrected chi connectivity index (χ0v) is 15.8. The largest absolute Gasteiger partial charge is 0.454 e. The number of nitrogens with zero attached hydrogens (tertiary/aromatic N) is 2. The van der Waals surface area contributed by atoms with Gasteiger partial charge in [0.2, 0.25) is 18.6 Å². The van der Waals surface area contributed by atoms with Crippen molar-refractivity contribution >= 4 is 22.7 Å². The lowest BCUT2D eigenvalue weighted by molar-refractivity contribution is -0.157. The summed E-state index contributed by atoms with van der Waals surface area (Å²) >= 11 is 0. The molecule has 2 atom stereocenters. The molecule has 2 aromatic carbocycles. The van der Waals surface area contributed by atoms with Gasteiger partial charge in [0.25, 0.3) is 0 Å². The molecule has 1 saturated heterocycles. The summed E-state index contributed by atoms with van der Waals surface area (Å²) in [5.74, 6) is 1.29. The van der Waals surface area contributed by atoms with E-state index < -0.39 is 6.04 Å². The van der Waals surface area contributed by atoms with Crippen LogP contribution in [0.1, 0.15) is 22.9 Å². The molecule has 3 aromatic rings. The Balaban J connectivity index is 1.60. The Kier molecular flexibility index (Phi) is 3.27. The summed E-state index contributed by atoms with van der Waals surface area (Å²) in [7, 11) is 1.69. The number of hydrogen-bond acceptors (Lipinski definition) is 4. The Bertz CT molecular complexity index is 1180. The van der Waals surface area contributed by atoms with Crippen LogP contribution in [-0.4, -0.2) is 53.0 Å². The number of likely N-dealkylation sites (N-methyl/N-ethyl adjacent to an activating group) is 1. The first-order valence-electron chi connectivity index (χ1n) is 9.67. The van der Waals surface area contributed by atoms with Gasteiger partial charge in [-0.1, -0.05) is 24.3 Å². The number of para-hydroxylation sites is 1. The maximum Gasteiger partial charge on any atom is 0.246 e. The zero-order valence-electron chi connectivity index (χ0n) is 15.8. The third kappa shape index (κ3) is 2.24. The van der Waals surface area contributed by atoms with Crippen molar-refractivity contribution in [3.8, 4) is 11.5 Å². The van der Waals surface area contributed by atoms with E-state index in [1.54, 1.807) is 11.9 Å². The molecule has 7 nitrogen and oxygen atoms in total. The predicted molar refractivity (Wildman–Crippen MR) is 105 cm³/mol. The predicted octanol–water partition coefficient (Wildman–Crippen LogP) is 2.21. The third-order valence-corrected chi connectivity index (χ3v) is 6.15. The van der Waals surface area contributed by atoms with E-state index in [0.717, 1.165) is 27.7 Å². The van der Waals surface area contributed by atoms with Crippen LogP contribution < -0.4 is 9.47 Å². The fraction of sp³-hybridized carbons (Fsp3) is 0.273. The third-order valence-electron chi connectivity index (χ3n) is 6.15. The number of ether oxygens (including phenoxy) is 2. The van der Waals surface area contributed by atoms with Crippen molar-refractivity contribution in [3.05, 3.63) is 59.3 Å². The maximum absolute atomic E-state index is 13.1. The van der Waals surface area contributed by atoms with E-state index in [-0.39, 0.29) is 31.2 Å². The summed E-state index contributed by atoms with van der Waals surface area (Å²) in [5, 5.41) is 1.07. The molecule has 1 aromatic heterocycles. The highest BCUT2D eigenvalue weighted by Gasteiger charge is 2.47. The van der Waals surface area contributed by atoms with Crippen molar-refractivity contribution in [2.45, 2.75) is 18.5 Å². The summed E-state index contributed by atoms with van der Waals surface area (Å²) in [6.07, 6.45) is 0.486. The van der Waals surface area contributed by atoms with E-state index in [0.29, 0.717) is 17.9 Å². The smallest absolute Gasteiger partial charge is 0.246 e. The molecule has 1 fully saturated rings. The number of carbonyl (C=O) groups excluding carboxylic acids is 2. The average molecular weight is 389 g/mol. The molecule has 0 aliphatic carbocycles. The van der Waals surface area contributed by atoms with Crippen LogP contribution in [0.4, 0.5) is 0 Å². The number of fused-ring (bicyclic) bond motifs is 5. The number of piperazine rings is 1. The van der Waals surface area contributed by atoms with E-state index in [1.165, 1.54) is 4.90 Å². The lowest BCUT2D eigenvalue weighted by atomic mass is 9.85. The van der Waals surface area contributed by atoms with E-state index in [1.807, 2.05) is 36.4 Å². The minimum atomic E-state index is -0.516. The molecule has 0 saturated carbocycles. The van der Waals surface area contributed by atoms with Crippen LogP contribution in [0.5, 0.6) is 11.5 Å². The fourth-order valence-electron chi connectivity index (χ4n) is 4.85. The van der Waals surface area contributed by atoms with Gasteiger partial charge in [-0.25, -0.2) is 0 Å². The summed E-state index contributed by atoms with van der Waals surface area (Å²) < 4.78 is 11.0. The zero-order chi connectivity index (χ0) is 19.7. The van der Waals surface area contributed by atoms with E-state index >= 15 is 0 Å². The quantitative estimate of drug-likeness (QED) is 0.693. The molecular weight excluding hydrogens is 370 g/mol. The van der Waals surface area contributed by atoms with Crippen molar-refractivity contribution in [2.75, 3.05) is 20.4 Å². The second-order valence-electron chi connectivity index (χ2n) is 7.79. The van der Waals surface area contributed by atoms with Crippen molar-refractivity contribution in [2.24, 2.45) is 0 Å². The molecule has 0 bridgehead atoms. The topological polar surface area (TPSA) is 74.9 Å².